The monoisotopic (exact) mass is 679 g/mol. The Morgan fingerprint density at radius 2 is 1.46 bits per heavy atom. The normalized spacial score (nSPS) is 13.4. The summed E-state index contributed by atoms with van der Waals surface area (Å²) in [5.41, 5.74) is 5.51. The van der Waals surface area contributed by atoms with Crippen LogP contribution in [0.25, 0.3) is 33.4 Å². The number of rotatable bonds is 15. The molecule has 2 aromatic rings. The number of nitrogens with zero attached hydrogens (tertiary/aromatic N) is 4. The number of unbranched alkanes of at least 4 members (excludes halogenated alkanes) is 4. The van der Waals surface area contributed by atoms with Gasteiger partial charge in [-0.1, -0.05) is 64.2 Å². The lowest BCUT2D eigenvalue weighted by Crippen LogP contribution is -2.50. The van der Waals surface area contributed by atoms with Gasteiger partial charge >= 0.3 is 0 Å². The lowest BCUT2D eigenvalue weighted by Gasteiger charge is -2.35. The summed E-state index contributed by atoms with van der Waals surface area (Å²) in [7, 11) is 0. The Kier molecular flexibility index (Phi) is 13.1. The Morgan fingerprint density at radius 1 is 0.780 bits per heavy atom. The van der Waals surface area contributed by atoms with Gasteiger partial charge in [-0.3, -0.25) is 9.59 Å². The van der Waals surface area contributed by atoms with Crippen molar-refractivity contribution < 1.29 is 14.0 Å². The van der Waals surface area contributed by atoms with Crippen molar-refractivity contribution in [3.63, 3.8) is 0 Å². The largest absolute Gasteiger partial charge is 0.456 e. The first-order chi connectivity index (χ1) is 24.3. The maximum absolute atomic E-state index is 14.3. The summed E-state index contributed by atoms with van der Waals surface area (Å²) in [6.45, 7) is 19.1. The van der Waals surface area contributed by atoms with Gasteiger partial charge in [-0.2, -0.15) is 0 Å². The molecule has 0 radical (unpaired) electrons. The second-order valence-corrected chi connectivity index (χ2v) is 14.1. The minimum atomic E-state index is 0.00992. The van der Waals surface area contributed by atoms with E-state index in [2.05, 4.69) is 93.5 Å². The lowest BCUT2D eigenvalue weighted by molar-refractivity contribution is -0.132. The second kappa shape index (κ2) is 17.7. The summed E-state index contributed by atoms with van der Waals surface area (Å²) in [6.07, 6.45) is 7.70. The molecule has 0 saturated carbocycles. The molecule has 2 heterocycles. The van der Waals surface area contributed by atoms with Crippen LogP contribution < -0.4 is 14.8 Å². The first-order valence-corrected chi connectivity index (χ1v) is 19.3. The predicted molar refractivity (Wildman–Crippen MR) is 208 cm³/mol. The van der Waals surface area contributed by atoms with Crippen LogP contribution in [0.15, 0.2) is 65.1 Å². The molecule has 0 N–H and O–H groups in total. The van der Waals surface area contributed by atoms with E-state index in [1.165, 1.54) is 25.7 Å². The zero-order chi connectivity index (χ0) is 35.6. The van der Waals surface area contributed by atoms with Crippen LogP contribution in [-0.2, 0) is 4.79 Å². The first kappa shape index (κ1) is 37.1. The van der Waals surface area contributed by atoms with Gasteiger partial charge in [-0.15, -0.1) is 0 Å². The molecule has 50 heavy (non-hydrogen) atoms. The van der Waals surface area contributed by atoms with Crippen molar-refractivity contribution in [2.75, 3.05) is 57.3 Å². The number of piperazine rings is 1. The third-order valence-electron chi connectivity index (χ3n) is 10.5. The molecule has 5 rings (SSSR count). The molecule has 0 bridgehead atoms. The molecule has 7 heteroatoms. The van der Waals surface area contributed by atoms with Crippen LogP contribution in [0.5, 0.6) is 0 Å². The zero-order valence-corrected chi connectivity index (χ0v) is 31.5. The maximum atomic E-state index is 14.3. The summed E-state index contributed by atoms with van der Waals surface area (Å²) < 4.78 is 9.01. The van der Waals surface area contributed by atoms with E-state index in [0.717, 1.165) is 89.4 Å². The van der Waals surface area contributed by atoms with E-state index in [9.17, 15) is 9.59 Å². The number of carbonyl (C=O) groups excluding carboxylic acids is 2. The molecule has 1 saturated heterocycles. The summed E-state index contributed by atoms with van der Waals surface area (Å²) in [6, 6.07) is 20.9. The maximum Gasteiger partial charge on any atom is 0.254 e. The molecule has 0 aromatic heterocycles. The molecular formula is C43H59N4O3+. The number of amides is 2. The number of benzene rings is 3. The highest BCUT2D eigenvalue weighted by Crippen LogP contribution is 2.42. The van der Waals surface area contributed by atoms with E-state index in [0.29, 0.717) is 38.2 Å². The molecule has 1 aliphatic carbocycles. The number of carbonyl (C=O) groups is 2. The molecule has 2 amide bonds. The highest BCUT2D eigenvalue weighted by Gasteiger charge is 2.28. The first-order valence-electron chi connectivity index (χ1n) is 19.3. The molecule has 1 fully saturated rings. The van der Waals surface area contributed by atoms with Gasteiger partial charge in [0.05, 0.1) is 6.07 Å². The van der Waals surface area contributed by atoms with Gasteiger partial charge in [0.2, 0.25) is 11.3 Å². The van der Waals surface area contributed by atoms with Crippen molar-refractivity contribution in [2.24, 2.45) is 5.92 Å². The molecule has 7 nitrogen and oxygen atoms in total. The Hall–Kier alpha value is -4.13. The van der Waals surface area contributed by atoms with Gasteiger partial charge in [0, 0.05) is 85.6 Å². The molecular weight excluding hydrogens is 620 g/mol. The summed E-state index contributed by atoms with van der Waals surface area (Å²) in [4.78, 5) is 33.5. The van der Waals surface area contributed by atoms with Crippen LogP contribution in [0.1, 0.15) is 96.8 Å². The van der Waals surface area contributed by atoms with E-state index in [1.807, 2.05) is 28.0 Å². The summed E-state index contributed by atoms with van der Waals surface area (Å²) >= 11 is 0. The topological polar surface area (TPSA) is 60.0 Å². The van der Waals surface area contributed by atoms with Crippen LogP contribution >= 0.6 is 0 Å². The van der Waals surface area contributed by atoms with E-state index in [1.54, 1.807) is 0 Å². The minimum absolute atomic E-state index is 0.00992. The van der Waals surface area contributed by atoms with E-state index >= 15 is 0 Å². The quantitative estimate of drug-likeness (QED) is 0.0718. The van der Waals surface area contributed by atoms with Crippen molar-refractivity contribution in [2.45, 2.75) is 86.5 Å². The van der Waals surface area contributed by atoms with E-state index in [-0.39, 0.29) is 11.8 Å². The van der Waals surface area contributed by atoms with Gasteiger partial charge in [0.1, 0.15) is 24.4 Å². The third kappa shape index (κ3) is 8.59. The molecule has 0 atom stereocenters. The molecule has 0 spiro atoms. The van der Waals surface area contributed by atoms with Crippen molar-refractivity contribution in [3.05, 3.63) is 71.6 Å². The van der Waals surface area contributed by atoms with Crippen LogP contribution in [0.3, 0.4) is 0 Å². The van der Waals surface area contributed by atoms with Gasteiger partial charge in [-0.25, -0.2) is 4.58 Å². The molecule has 0 unspecified atom stereocenters. The fraction of sp³-hybridized carbons (Fsp3) is 0.512. The number of anilines is 1. The van der Waals surface area contributed by atoms with Crippen LogP contribution in [0.4, 0.5) is 5.69 Å². The third-order valence-corrected chi connectivity index (χ3v) is 10.5. The second-order valence-electron chi connectivity index (χ2n) is 14.1. The van der Waals surface area contributed by atoms with Crippen molar-refractivity contribution in [1.29, 1.82) is 0 Å². The Balaban J connectivity index is 1.41. The Labute approximate surface area is 299 Å². The van der Waals surface area contributed by atoms with Crippen molar-refractivity contribution in [3.8, 4) is 22.5 Å². The van der Waals surface area contributed by atoms with Crippen LogP contribution in [0.2, 0.25) is 0 Å². The fourth-order valence-corrected chi connectivity index (χ4v) is 7.46. The van der Waals surface area contributed by atoms with E-state index < -0.39 is 0 Å². The highest BCUT2D eigenvalue weighted by atomic mass is 16.3. The van der Waals surface area contributed by atoms with Crippen molar-refractivity contribution in [1.82, 2.24) is 14.4 Å². The zero-order valence-electron chi connectivity index (χ0n) is 31.5. The summed E-state index contributed by atoms with van der Waals surface area (Å²) in [5, 5.41) is 2.11. The fourth-order valence-electron chi connectivity index (χ4n) is 7.46. The van der Waals surface area contributed by atoms with Gasteiger partial charge < -0.3 is 19.1 Å². The number of hydrogen-bond donors (Lipinski definition) is 0. The van der Waals surface area contributed by atoms with Gasteiger partial charge in [0.15, 0.2) is 0 Å². The predicted octanol–water partition coefficient (Wildman–Crippen LogP) is 8.53. The number of hydrogen-bond acceptors (Lipinski definition) is 4. The summed E-state index contributed by atoms with van der Waals surface area (Å²) in [5.74, 6) is 1.80. The van der Waals surface area contributed by atoms with Gasteiger partial charge in [-0.05, 0) is 69.9 Å². The average molecular weight is 680 g/mol. The SMILES string of the molecule is CCN(CC)c1ccc2c(-c3ccccc3C(=O)N3CCN(C(=O)CCCCCCCC(C)C)CC3)c3ccc(=[N+](CC)CC)cc-3oc2c1. The van der Waals surface area contributed by atoms with Crippen LogP contribution in [-0.4, -0.2) is 74.0 Å². The molecule has 3 aliphatic rings. The standard InChI is InChI=1S/C43H59N4O3/c1-7-44(8-2)33-22-24-37-39(30-33)50-40-31-34(45(9-3)10-4)23-25-38(40)42(37)35-19-16-17-20-36(35)43(49)47-28-26-46(27-29-47)41(48)21-15-13-11-12-14-18-32(5)6/h16-17,19-20,22-25,30-32H,7-15,18,21,26-29H2,1-6H3/q+1. The molecule has 268 valence electrons. The minimum Gasteiger partial charge on any atom is -0.456 e. The van der Waals surface area contributed by atoms with Crippen molar-refractivity contribution >= 4 is 28.5 Å². The number of fused-ring (bicyclic) bond motifs is 2. The van der Waals surface area contributed by atoms with Crippen LogP contribution in [0, 0.1) is 5.92 Å². The van der Waals surface area contributed by atoms with E-state index in [4.69, 9.17) is 4.42 Å². The average Bonchev–Trinajstić information content (AvgIpc) is 3.14. The lowest BCUT2D eigenvalue weighted by atomic mass is 9.90. The smallest absolute Gasteiger partial charge is 0.254 e. The Morgan fingerprint density at radius 3 is 2.16 bits per heavy atom. The highest BCUT2D eigenvalue weighted by molar-refractivity contribution is 6.09. The van der Waals surface area contributed by atoms with Gasteiger partial charge in [0.25, 0.3) is 5.91 Å². The Bertz CT molecular complexity index is 1770. The molecule has 2 aliphatic heterocycles. The molecule has 2 aromatic carbocycles.